The first-order chi connectivity index (χ1) is 9.44. The van der Waals surface area contributed by atoms with Crippen LogP contribution in [0.15, 0.2) is 0 Å². The lowest BCUT2D eigenvalue weighted by Crippen LogP contribution is -2.53. The van der Waals surface area contributed by atoms with Crippen molar-refractivity contribution in [2.45, 2.75) is 39.5 Å². The summed E-state index contributed by atoms with van der Waals surface area (Å²) in [4.78, 5) is 27.0. The molecule has 0 radical (unpaired) electrons. The third-order valence-corrected chi connectivity index (χ3v) is 3.91. The normalized spacial score (nSPS) is 22.6. The van der Waals surface area contributed by atoms with Crippen molar-refractivity contribution in [3.05, 3.63) is 0 Å². The van der Waals surface area contributed by atoms with Gasteiger partial charge >= 0.3 is 12.0 Å². The SMILES string of the molecule is CCCCN(CCO)C(=O)N1CCCC(C)(C(=O)O)C1. The lowest BCUT2D eigenvalue weighted by Gasteiger charge is -2.39. The summed E-state index contributed by atoms with van der Waals surface area (Å²) in [6.07, 6.45) is 3.16. The van der Waals surface area contributed by atoms with Gasteiger partial charge < -0.3 is 20.0 Å². The Morgan fingerprint density at radius 3 is 2.60 bits per heavy atom. The Balaban J connectivity index is 2.70. The van der Waals surface area contributed by atoms with E-state index in [1.54, 1.807) is 16.7 Å². The van der Waals surface area contributed by atoms with E-state index in [1.165, 1.54) is 0 Å². The van der Waals surface area contributed by atoms with Gasteiger partial charge in [0.2, 0.25) is 0 Å². The summed E-state index contributed by atoms with van der Waals surface area (Å²) in [5.74, 6) is -0.850. The van der Waals surface area contributed by atoms with Crippen LogP contribution in [-0.2, 0) is 4.79 Å². The fraction of sp³-hybridized carbons (Fsp3) is 0.857. The maximum atomic E-state index is 12.5. The van der Waals surface area contributed by atoms with Crippen LogP contribution < -0.4 is 0 Å². The number of carboxylic acids is 1. The molecule has 1 heterocycles. The van der Waals surface area contributed by atoms with E-state index >= 15 is 0 Å². The smallest absolute Gasteiger partial charge is 0.320 e. The molecular weight excluding hydrogens is 260 g/mol. The number of nitrogens with zero attached hydrogens (tertiary/aromatic N) is 2. The highest BCUT2D eigenvalue weighted by atomic mass is 16.4. The van der Waals surface area contributed by atoms with Gasteiger partial charge in [0, 0.05) is 26.2 Å². The van der Waals surface area contributed by atoms with Crippen molar-refractivity contribution in [1.29, 1.82) is 0 Å². The third-order valence-electron chi connectivity index (χ3n) is 3.91. The molecule has 1 unspecified atom stereocenters. The van der Waals surface area contributed by atoms with Crippen LogP contribution >= 0.6 is 0 Å². The molecule has 1 aliphatic rings. The average molecular weight is 286 g/mol. The Morgan fingerprint density at radius 2 is 2.05 bits per heavy atom. The molecular formula is C14H26N2O4. The van der Waals surface area contributed by atoms with Gasteiger partial charge in [-0.25, -0.2) is 4.79 Å². The first kappa shape index (κ1) is 16.8. The predicted octanol–water partition coefficient (Wildman–Crippen LogP) is 1.39. The van der Waals surface area contributed by atoms with Crippen molar-refractivity contribution in [2.75, 3.05) is 32.8 Å². The van der Waals surface area contributed by atoms with E-state index in [4.69, 9.17) is 5.11 Å². The van der Waals surface area contributed by atoms with Crippen molar-refractivity contribution in [3.8, 4) is 0 Å². The molecule has 0 aromatic rings. The third kappa shape index (κ3) is 4.10. The van der Waals surface area contributed by atoms with Crippen LogP contribution in [0.1, 0.15) is 39.5 Å². The number of amides is 2. The number of hydrogen-bond donors (Lipinski definition) is 2. The summed E-state index contributed by atoms with van der Waals surface area (Å²) >= 11 is 0. The minimum Gasteiger partial charge on any atom is -0.481 e. The van der Waals surface area contributed by atoms with E-state index in [-0.39, 0.29) is 19.2 Å². The Kier molecular flexibility index (Phi) is 6.26. The standard InChI is InChI=1S/C14H26N2O4/c1-3-4-7-15(9-10-17)13(20)16-8-5-6-14(2,11-16)12(18)19/h17H,3-11H2,1-2H3,(H,18,19). The Labute approximate surface area is 120 Å². The molecule has 6 nitrogen and oxygen atoms in total. The van der Waals surface area contributed by atoms with Crippen LogP contribution in [0.4, 0.5) is 4.79 Å². The number of carbonyl (C=O) groups is 2. The minimum absolute atomic E-state index is 0.0699. The molecule has 0 aromatic carbocycles. The van der Waals surface area contributed by atoms with Crippen LogP contribution in [0.25, 0.3) is 0 Å². The summed E-state index contributed by atoms with van der Waals surface area (Å²) in [6.45, 7) is 5.42. The number of urea groups is 1. The summed E-state index contributed by atoms with van der Waals surface area (Å²) in [7, 11) is 0. The van der Waals surface area contributed by atoms with Gasteiger partial charge in [0.05, 0.1) is 12.0 Å². The Bertz CT molecular complexity index is 348. The van der Waals surface area contributed by atoms with E-state index in [0.717, 1.165) is 12.8 Å². The monoisotopic (exact) mass is 286 g/mol. The molecule has 20 heavy (non-hydrogen) atoms. The summed E-state index contributed by atoms with van der Waals surface area (Å²) in [5.41, 5.74) is -0.858. The molecule has 2 amide bonds. The molecule has 0 bridgehead atoms. The highest BCUT2D eigenvalue weighted by Crippen LogP contribution is 2.30. The van der Waals surface area contributed by atoms with Gasteiger partial charge in [-0.3, -0.25) is 4.79 Å². The van der Waals surface area contributed by atoms with E-state index in [1.807, 2.05) is 6.92 Å². The Morgan fingerprint density at radius 1 is 1.35 bits per heavy atom. The molecule has 0 aromatic heterocycles. The second kappa shape index (κ2) is 7.47. The van der Waals surface area contributed by atoms with Gasteiger partial charge in [0.25, 0.3) is 0 Å². The molecule has 1 fully saturated rings. The number of aliphatic hydroxyl groups excluding tert-OH is 1. The van der Waals surface area contributed by atoms with Gasteiger partial charge in [0.1, 0.15) is 0 Å². The summed E-state index contributed by atoms with van der Waals surface area (Å²) in [6, 6.07) is -0.153. The van der Waals surface area contributed by atoms with Crippen LogP contribution in [-0.4, -0.2) is 64.8 Å². The highest BCUT2D eigenvalue weighted by molar-refractivity contribution is 5.78. The average Bonchev–Trinajstić information content (AvgIpc) is 2.42. The number of aliphatic carboxylic acids is 1. The molecule has 0 aliphatic carbocycles. The molecule has 2 N–H and O–H groups in total. The molecule has 1 aliphatic heterocycles. The van der Waals surface area contributed by atoms with Crippen LogP contribution in [0, 0.1) is 5.41 Å². The second-order valence-electron chi connectivity index (χ2n) is 5.74. The topological polar surface area (TPSA) is 81.1 Å². The number of rotatable bonds is 6. The zero-order valence-electron chi connectivity index (χ0n) is 12.5. The predicted molar refractivity (Wildman–Crippen MR) is 75.5 cm³/mol. The summed E-state index contributed by atoms with van der Waals surface area (Å²) in [5, 5.41) is 18.4. The maximum Gasteiger partial charge on any atom is 0.320 e. The number of carboxylic acid groups (broad SMARTS) is 1. The fourth-order valence-electron chi connectivity index (χ4n) is 2.55. The molecule has 0 saturated carbocycles. The fourth-order valence-corrected chi connectivity index (χ4v) is 2.55. The first-order valence-electron chi connectivity index (χ1n) is 7.32. The van der Waals surface area contributed by atoms with Gasteiger partial charge in [-0.1, -0.05) is 13.3 Å². The van der Waals surface area contributed by atoms with Crippen molar-refractivity contribution in [1.82, 2.24) is 9.80 Å². The van der Waals surface area contributed by atoms with Crippen molar-refractivity contribution in [2.24, 2.45) is 5.41 Å². The molecule has 1 rings (SSSR count). The van der Waals surface area contributed by atoms with Crippen LogP contribution in [0.2, 0.25) is 0 Å². The zero-order chi connectivity index (χ0) is 15.2. The van der Waals surface area contributed by atoms with E-state index in [2.05, 4.69) is 0 Å². The number of carbonyl (C=O) groups excluding carboxylic acids is 1. The van der Waals surface area contributed by atoms with Crippen LogP contribution in [0.5, 0.6) is 0 Å². The Hall–Kier alpha value is -1.30. The number of likely N-dealkylation sites (tertiary alicyclic amines) is 1. The van der Waals surface area contributed by atoms with Gasteiger partial charge in [0.15, 0.2) is 0 Å². The maximum absolute atomic E-state index is 12.5. The number of unbranched alkanes of at least 4 members (excludes halogenated alkanes) is 1. The second-order valence-corrected chi connectivity index (χ2v) is 5.74. The number of piperidine rings is 1. The first-order valence-corrected chi connectivity index (χ1v) is 7.32. The van der Waals surface area contributed by atoms with Crippen molar-refractivity contribution < 1.29 is 19.8 Å². The largest absolute Gasteiger partial charge is 0.481 e. The lowest BCUT2D eigenvalue weighted by molar-refractivity contribution is -0.150. The number of aliphatic hydroxyl groups is 1. The van der Waals surface area contributed by atoms with E-state index in [0.29, 0.717) is 32.5 Å². The highest BCUT2D eigenvalue weighted by Gasteiger charge is 2.40. The van der Waals surface area contributed by atoms with Crippen molar-refractivity contribution >= 4 is 12.0 Å². The molecule has 1 saturated heterocycles. The lowest BCUT2D eigenvalue weighted by atomic mass is 9.82. The minimum atomic E-state index is -0.858. The van der Waals surface area contributed by atoms with Crippen molar-refractivity contribution in [3.63, 3.8) is 0 Å². The van der Waals surface area contributed by atoms with Crippen LogP contribution in [0.3, 0.4) is 0 Å². The summed E-state index contributed by atoms with van der Waals surface area (Å²) < 4.78 is 0. The van der Waals surface area contributed by atoms with Gasteiger partial charge in [-0.15, -0.1) is 0 Å². The number of hydrogen-bond acceptors (Lipinski definition) is 3. The van der Waals surface area contributed by atoms with E-state index in [9.17, 15) is 14.7 Å². The van der Waals surface area contributed by atoms with E-state index < -0.39 is 11.4 Å². The molecule has 116 valence electrons. The molecule has 0 spiro atoms. The van der Waals surface area contributed by atoms with Gasteiger partial charge in [-0.05, 0) is 26.2 Å². The zero-order valence-corrected chi connectivity index (χ0v) is 12.5. The molecule has 1 atom stereocenters. The quantitative estimate of drug-likeness (QED) is 0.773. The molecule has 6 heteroatoms. The van der Waals surface area contributed by atoms with Gasteiger partial charge in [-0.2, -0.15) is 0 Å².